The molecule has 0 amide bonds. The molecule has 232 valence electrons. The Balaban J connectivity index is 1.89. The van der Waals surface area contributed by atoms with Crippen molar-refractivity contribution in [2.24, 2.45) is 5.41 Å². The Morgan fingerprint density at radius 2 is 1.21 bits per heavy atom. The Morgan fingerprint density at radius 1 is 0.738 bits per heavy atom. The molecule has 0 aliphatic rings. The van der Waals surface area contributed by atoms with Gasteiger partial charge in [-0.1, -0.05) is 72.2 Å². The average molecular weight is 581 g/mol. The van der Waals surface area contributed by atoms with Gasteiger partial charge < -0.3 is 18.9 Å². The number of rotatable bonds is 17. The summed E-state index contributed by atoms with van der Waals surface area (Å²) in [7, 11) is 0. The van der Waals surface area contributed by atoms with Crippen LogP contribution in [0.25, 0.3) is 0 Å². The van der Waals surface area contributed by atoms with Crippen LogP contribution in [-0.2, 0) is 24.5 Å². The zero-order chi connectivity index (χ0) is 31.6. The number of ether oxygens (including phenoxy) is 4. The summed E-state index contributed by atoms with van der Waals surface area (Å²) in [5.41, 5.74) is 1.45. The lowest BCUT2D eigenvalue weighted by atomic mass is 9.78. The van der Waals surface area contributed by atoms with Crippen molar-refractivity contribution in [2.45, 2.75) is 112 Å². The molecule has 42 heavy (non-hydrogen) atoms. The summed E-state index contributed by atoms with van der Waals surface area (Å²) in [5.74, 6) is 0.859. The van der Waals surface area contributed by atoms with E-state index in [1.165, 1.54) is 17.7 Å². The third-order valence-electron chi connectivity index (χ3n) is 7.73. The van der Waals surface area contributed by atoms with Crippen LogP contribution in [0.4, 0.5) is 0 Å². The maximum absolute atomic E-state index is 12.2. The molecule has 0 aliphatic heterocycles. The van der Waals surface area contributed by atoms with Gasteiger partial charge in [-0.2, -0.15) is 0 Å². The van der Waals surface area contributed by atoms with E-state index in [4.69, 9.17) is 18.9 Å². The second-order valence-corrected chi connectivity index (χ2v) is 12.9. The molecule has 2 aromatic rings. The second-order valence-electron chi connectivity index (χ2n) is 12.9. The fourth-order valence-electron chi connectivity index (χ4n) is 4.58. The van der Waals surface area contributed by atoms with E-state index in [2.05, 4.69) is 58.9 Å². The number of ketones is 1. The zero-order valence-electron chi connectivity index (χ0n) is 27.4. The smallest absolute Gasteiger partial charge is 0.331 e. The van der Waals surface area contributed by atoms with E-state index in [-0.39, 0.29) is 29.5 Å². The van der Waals surface area contributed by atoms with Gasteiger partial charge in [0.05, 0.1) is 11.7 Å². The van der Waals surface area contributed by atoms with Crippen LogP contribution in [0.3, 0.4) is 0 Å². The van der Waals surface area contributed by atoms with Crippen LogP contribution >= 0.6 is 0 Å². The molecule has 6 heteroatoms. The van der Waals surface area contributed by atoms with Gasteiger partial charge in [-0.15, -0.1) is 0 Å². The van der Waals surface area contributed by atoms with E-state index in [1.54, 1.807) is 6.92 Å². The van der Waals surface area contributed by atoms with Crippen LogP contribution in [0.15, 0.2) is 60.7 Å². The Hall–Kier alpha value is -3.12. The largest absolute Gasteiger partial charge is 0.491 e. The van der Waals surface area contributed by atoms with Crippen molar-refractivity contribution < 1.29 is 28.5 Å². The summed E-state index contributed by atoms with van der Waals surface area (Å²) >= 11 is 0. The molecule has 2 aromatic carbocycles. The highest BCUT2D eigenvalue weighted by Crippen LogP contribution is 2.33. The predicted octanol–water partition coefficient (Wildman–Crippen LogP) is 8.25. The highest BCUT2D eigenvalue weighted by molar-refractivity contribution is 5.98. The van der Waals surface area contributed by atoms with Crippen molar-refractivity contribution in [1.82, 2.24) is 0 Å². The molecule has 0 aromatic heterocycles. The van der Waals surface area contributed by atoms with Crippen molar-refractivity contribution in [3.8, 4) is 11.5 Å². The summed E-state index contributed by atoms with van der Waals surface area (Å²) in [6.45, 7) is 21.0. The third kappa shape index (κ3) is 10.9. The molecule has 0 spiro atoms. The SMILES string of the molecule is CCCC(C)(C)OC(C)COc1ccc(C(C)(C)c2ccc(OCC(C)OC(=O)/C=C/C(=O)C(C)(C)CC)cc2)cc1. The van der Waals surface area contributed by atoms with Gasteiger partial charge in [-0.05, 0) is 82.0 Å². The second kappa shape index (κ2) is 15.4. The molecule has 0 N–H and O–H groups in total. The average Bonchev–Trinajstić information content (AvgIpc) is 2.93. The number of hydrogen-bond donors (Lipinski definition) is 0. The van der Waals surface area contributed by atoms with Crippen molar-refractivity contribution in [1.29, 1.82) is 0 Å². The highest BCUT2D eigenvalue weighted by Gasteiger charge is 2.25. The number of allylic oxidation sites excluding steroid dienone is 1. The van der Waals surface area contributed by atoms with E-state index in [9.17, 15) is 9.59 Å². The molecule has 0 radical (unpaired) electrons. The first kappa shape index (κ1) is 35.1. The van der Waals surface area contributed by atoms with Crippen LogP contribution in [0, 0.1) is 5.41 Å². The van der Waals surface area contributed by atoms with Crippen LogP contribution in [-0.4, -0.2) is 42.8 Å². The Labute approximate surface area is 253 Å². The topological polar surface area (TPSA) is 71.1 Å². The maximum Gasteiger partial charge on any atom is 0.331 e. The van der Waals surface area contributed by atoms with Crippen LogP contribution in [0.5, 0.6) is 11.5 Å². The molecular formula is C36H52O6. The quantitative estimate of drug-likeness (QED) is 0.139. The summed E-state index contributed by atoms with van der Waals surface area (Å²) in [4.78, 5) is 24.3. The first-order valence-electron chi connectivity index (χ1n) is 15.2. The van der Waals surface area contributed by atoms with Gasteiger partial charge in [0.15, 0.2) is 5.78 Å². The third-order valence-corrected chi connectivity index (χ3v) is 7.73. The first-order valence-corrected chi connectivity index (χ1v) is 15.2. The monoisotopic (exact) mass is 580 g/mol. The van der Waals surface area contributed by atoms with Gasteiger partial charge in [0, 0.05) is 16.9 Å². The number of esters is 1. The Morgan fingerprint density at radius 3 is 1.67 bits per heavy atom. The summed E-state index contributed by atoms with van der Waals surface area (Å²) in [5, 5.41) is 0. The van der Waals surface area contributed by atoms with Crippen LogP contribution in [0.1, 0.15) is 99.6 Å². The minimum atomic E-state index is -0.557. The van der Waals surface area contributed by atoms with Gasteiger partial charge in [-0.25, -0.2) is 4.79 Å². The molecule has 2 rings (SSSR count). The molecular weight excluding hydrogens is 528 g/mol. The fraction of sp³-hybridized carbons (Fsp3) is 0.556. The Bertz CT molecular complexity index is 1160. The fourth-order valence-corrected chi connectivity index (χ4v) is 4.58. The van der Waals surface area contributed by atoms with E-state index in [0.29, 0.717) is 18.8 Å². The molecule has 2 atom stereocenters. The van der Waals surface area contributed by atoms with E-state index >= 15 is 0 Å². The Kier molecular flexibility index (Phi) is 12.8. The maximum atomic E-state index is 12.2. The lowest BCUT2D eigenvalue weighted by molar-refractivity contribution is -0.143. The summed E-state index contributed by atoms with van der Waals surface area (Å²) < 4.78 is 23.4. The molecule has 0 fully saturated rings. The van der Waals surface area contributed by atoms with Crippen molar-refractivity contribution in [3.05, 3.63) is 71.8 Å². The lowest BCUT2D eigenvalue weighted by Gasteiger charge is -2.29. The van der Waals surface area contributed by atoms with Crippen LogP contribution < -0.4 is 9.47 Å². The molecule has 0 aliphatic carbocycles. The van der Waals surface area contributed by atoms with Gasteiger partial charge >= 0.3 is 5.97 Å². The van der Waals surface area contributed by atoms with Crippen molar-refractivity contribution >= 4 is 11.8 Å². The van der Waals surface area contributed by atoms with Gasteiger partial charge in [0.2, 0.25) is 0 Å². The summed E-state index contributed by atoms with van der Waals surface area (Å²) in [6, 6.07) is 16.2. The molecule has 0 bridgehead atoms. The standard InChI is InChI=1S/C36H52O6/c1-11-23-35(7,8)42-27(4)25-40-31-19-15-29(16-20-31)36(9,10)28-13-17-30(18-14-28)39-24-26(3)41-33(38)22-21-32(37)34(5,6)12-2/h13-22,26-27H,11-12,23-25H2,1-10H3/b22-21+. The molecule has 2 unspecified atom stereocenters. The van der Waals surface area contributed by atoms with Crippen LogP contribution in [0.2, 0.25) is 0 Å². The lowest BCUT2D eigenvalue weighted by Crippen LogP contribution is -2.32. The first-order chi connectivity index (χ1) is 19.6. The van der Waals surface area contributed by atoms with Crippen molar-refractivity contribution in [2.75, 3.05) is 13.2 Å². The number of hydrogen-bond acceptors (Lipinski definition) is 6. The minimum Gasteiger partial charge on any atom is -0.491 e. The number of benzene rings is 2. The van der Waals surface area contributed by atoms with E-state index in [0.717, 1.165) is 24.2 Å². The summed E-state index contributed by atoms with van der Waals surface area (Å²) in [6.07, 6.45) is 4.82. The van der Waals surface area contributed by atoms with Gasteiger partial charge in [0.25, 0.3) is 0 Å². The molecule has 0 saturated carbocycles. The van der Waals surface area contributed by atoms with Gasteiger partial charge in [0.1, 0.15) is 30.8 Å². The number of carbonyl (C=O) groups excluding carboxylic acids is 2. The van der Waals surface area contributed by atoms with Gasteiger partial charge in [-0.3, -0.25) is 4.79 Å². The minimum absolute atomic E-state index is 0.00383. The number of carbonyl (C=O) groups is 2. The van der Waals surface area contributed by atoms with E-state index in [1.807, 2.05) is 52.0 Å². The molecule has 0 saturated heterocycles. The van der Waals surface area contributed by atoms with Crippen molar-refractivity contribution in [3.63, 3.8) is 0 Å². The highest BCUT2D eigenvalue weighted by atomic mass is 16.6. The zero-order valence-corrected chi connectivity index (χ0v) is 27.4. The molecule has 0 heterocycles. The predicted molar refractivity (Wildman–Crippen MR) is 169 cm³/mol. The normalized spacial score (nSPS) is 14.0. The molecule has 6 nitrogen and oxygen atoms in total. The van der Waals surface area contributed by atoms with E-state index < -0.39 is 17.5 Å².